The number of anilines is 1. The van der Waals surface area contributed by atoms with Crippen molar-refractivity contribution < 1.29 is 0 Å². The highest BCUT2D eigenvalue weighted by molar-refractivity contribution is 5.84. The van der Waals surface area contributed by atoms with Crippen molar-refractivity contribution in [2.24, 2.45) is 0 Å². The van der Waals surface area contributed by atoms with E-state index in [2.05, 4.69) is 64.9 Å². The molecule has 148 valence electrons. The Hall–Kier alpha value is -3.19. The number of nitrogens with one attached hydrogen (secondary N) is 1. The van der Waals surface area contributed by atoms with Crippen LogP contribution in [0.25, 0.3) is 27.8 Å². The van der Waals surface area contributed by atoms with Crippen molar-refractivity contribution in [1.82, 2.24) is 29.7 Å². The Morgan fingerprint density at radius 2 is 1.90 bits per heavy atom. The van der Waals surface area contributed by atoms with Crippen molar-refractivity contribution in [2.45, 2.75) is 20.4 Å². The molecule has 0 unspecified atom stereocenters. The number of piperazine rings is 1. The van der Waals surface area contributed by atoms with Gasteiger partial charge in [0.15, 0.2) is 0 Å². The number of rotatable bonds is 4. The first kappa shape index (κ1) is 17.9. The van der Waals surface area contributed by atoms with E-state index in [1.807, 2.05) is 27.7 Å². The molecule has 4 aromatic heterocycles. The predicted octanol–water partition coefficient (Wildman–Crippen LogP) is 3.00. The summed E-state index contributed by atoms with van der Waals surface area (Å²) in [5, 5.41) is 12.5. The molecule has 7 nitrogen and oxygen atoms in total. The van der Waals surface area contributed by atoms with Crippen molar-refractivity contribution in [3.05, 3.63) is 54.7 Å². The van der Waals surface area contributed by atoms with Crippen molar-refractivity contribution in [2.75, 3.05) is 31.1 Å². The van der Waals surface area contributed by atoms with Crippen LogP contribution >= 0.6 is 0 Å². The number of hydrogen-bond donors (Lipinski definition) is 1. The van der Waals surface area contributed by atoms with Gasteiger partial charge in [-0.15, -0.1) is 0 Å². The van der Waals surface area contributed by atoms with Gasteiger partial charge < -0.3 is 10.2 Å². The number of nitrogens with zero attached hydrogens (tertiary/aromatic N) is 6. The van der Waals surface area contributed by atoms with Gasteiger partial charge in [-0.05, 0) is 38.1 Å². The van der Waals surface area contributed by atoms with Crippen LogP contribution in [0.15, 0.2) is 49.1 Å². The maximum Gasteiger partial charge on any atom is 0.128 e. The second-order valence-electron chi connectivity index (χ2n) is 7.43. The Kier molecular flexibility index (Phi) is 4.52. The van der Waals surface area contributed by atoms with Crippen LogP contribution in [-0.4, -0.2) is 50.6 Å². The molecular weight excluding hydrogens is 362 g/mol. The average Bonchev–Trinajstić information content (AvgIpc) is 3.40. The molecule has 0 radical (unpaired) electrons. The monoisotopic (exact) mass is 387 g/mol. The molecular formula is C22H25N7. The molecule has 0 amide bonds. The molecule has 5 rings (SSSR count). The molecule has 0 atom stereocenters. The van der Waals surface area contributed by atoms with Crippen molar-refractivity contribution in [1.29, 1.82) is 0 Å². The minimum atomic E-state index is 0.856. The van der Waals surface area contributed by atoms with Crippen LogP contribution in [0.1, 0.15) is 12.6 Å². The van der Waals surface area contributed by atoms with Crippen molar-refractivity contribution in [3.63, 3.8) is 0 Å². The molecule has 0 aliphatic carbocycles. The molecule has 0 spiro atoms. The van der Waals surface area contributed by atoms with Crippen LogP contribution in [-0.2, 0) is 6.54 Å². The molecule has 5 heterocycles. The zero-order chi connectivity index (χ0) is 19.8. The van der Waals surface area contributed by atoms with Gasteiger partial charge in [0.1, 0.15) is 5.82 Å². The maximum atomic E-state index is 4.76. The molecule has 1 saturated heterocycles. The van der Waals surface area contributed by atoms with Gasteiger partial charge >= 0.3 is 0 Å². The lowest BCUT2D eigenvalue weighted by Gasteiger charge is -2.28. The second kappa shape index (κ2) is 7.33. The topological polar surface area (TPSA) is 63.3 Å². The summed E-state index contributed by atoms with van der Waals surface area (Å²) >= 11 is 0. The number of fused-ring (bicyclic) bond motifs is 1. The Labute approximate surface area is 170 Å². The van der Waals surface area contributed by atoms with Gasteiger partial charge in [-0.2, -0.15) is 10.2 Å². The number of aromatic nitrogens is 5. The van der Waals surface area contributed by atoms with E-state index in [4.69, 9.17) is 4.98 Å². The molecule has 0 bridgehead atoms. The Morgan fingerprint density at radius 1 is 1.03 bits per heavy atom. The lowest BCUT2D eigenvalue weighted by molar-refractivity contribution is 0.585. The lowest BCUT2D eigenvalue weighted by atomic mass is 10.0. The summed E-state index contributed by atoms with van der Waals surface area (Å²) in [5.74, 6) is 1.04. The summed E-state index contributed by atoms with van der Waals surface area (Å²) in [4.78, 5) is 7.09. The van der Waals surface area contributed by atoms with Crippen molar-refractivity contribution >= 4 is 11.3 Å². The molecule has 7 heteroatoms. The molecule has 29 heavy (non-hydrogen) atoms. The SMILES string of the molecule is CCn1cc(-c2cc(-c3ccc(N4CCNCC4)nc3)c3ccnn3c2)c(C)n1. The van der Waals surface area contributed by atoms with E-state index in [9.17, 15) is 0 Å². The van der Waals surface area contributed by atoms with Gasteiger partial charge in [-0.1, -0.05) is 0 Å². The molecule has 4 aromatic rings. The highest BCUT2D eigenvalue weighted by Gasteiger charge is 2.15. The molecule has 1 aliphatic rings. The fourth-order valence-electron chi connectivity index (χ4n) is 4.00. The van der Waals surface area contributed by atoms with E-state index in [-0.39, 0.29) is 0 Å². The third-order valence-electron chi connectivity index (χ3n) is 5.59. The highest BCUT2D eigenvalue weighted by atomic mass is 15.3. The van der Waals surface area contributed by atoms with Gasteiger partial charge in [-0.25, -0.2) is 9.50 Å². The normalized spacial score (nSPS) is 14.6. The average molecular weight is 387 g/mol. The smallest absolute Gasteiger partial charge is 0.128 e. The van der Waals surface area contributed by atoms with E-state index in [0.717, 1.165) is 72.0 Å². The van der Waals surface area contributed by atoms with Crippen LogP contribution < -0.4 is 10.2 Å². The lowest BCUT2D eigenvalue weighted by Crippen LogP contribution is -2.43. The molecule has 1 aliphatic heterocycles. The fraction of sp³-hybridized carbons (Fsp3) is 0.318. The van der Waals surface area contributed by atoms with E-state index in [0.29, 0.717) is 0 Å². The van der Waals surface area contributed by atoms with Gasteiger partial charge in [-0.3, -0.25) is 4.68 Å². The number of aryl methyl sites for hydroxylation is 2. The van der Waals surface area contributed by atoms with E-state index in [1.165, 1.54) is 0 Å². The second-order valence-corrected chi connectivity index (χ2v) is 7.43. The number of hydrogen-bond acceptors (Lipinski definition) is 5. The van der Waals surface area contributed by atoms with Gasteiger partial charge in [0, 0.05) is 79.8 Å². The van der Waals surface area contributed by atoms with Gasteiger partial charge in [0.2, 0.25) is 0 Å². The first-order valence-corrected chi connectivity index (χ1v) is 10.2. The summed E-state index contributed by atoms with van der Waals surface area (Å²) in [6.45, 7) is 9.02. The summed E-state index contributed by atoms with van der Waals surface area (Å²) in [6, 6.07) is 8.56. The minimum Gasteiger partial charge on any atom is -0.354 e. The van der Waals surface area contributed by atoms with Crippen LogP contribution in [0.5, 0.6) is 0 Å². The van der Waals surface area contributed by atoms with E-state index >= 15 is 0 Å². The first-order chi connectivity index (χ1) is 14.2. The number of pyridine rings is 2. The van der Waals surface area contributed by atoms with Crippen LogP contribution in [0.4, 0.5) is 5.82 Å². The summed E-state index contributed by atoms with van der Waals surface area (Å²) in [6.07, 6.45) is 8.00. The van der Waals surface area contributed by atoms with Crippen molar-refractivity contribution in [3.8, 4) is 22.3 Å². The van der Waals surface area contributed by atoms with E-state index < -0.39 is 0 Å². The van der Waals surface area contributed by atoms with Gasteiger partial charge in [0.05, 0.1) is 11.2 Å². The zero-order valence-electron chi connectivity index (χ0n) is 16.8. The molecule has 0 saturated carbocycles. The third kappa shape index (κ3) is 3.27. The zero-order valence-corrected chi connectivity index (χ0v) is 16.8. The summed E-state index contributed by atoms with van der Waals surface area (Å²) in [5.41, 5.74) is 6.57. The van der Waals surface area contributed by atoms with Crippen LogP contribution in [0, 0.1) is 6.92 Å². The van der Waals surface area contributed by atoms with Crippen LogP contribution in [0.2, 0.25) is 0 Å². The summed E-state index contributed by atoms with van der Waals surface area (Å²) in [7, 11) is 0. The Bertz CT molecular complexity index is 1130. The predicted molar refractivity (Wildman–Crippen MR) is 115 cm³/mol. The standard InChI is InChI=1S/C22H25N7/c1-3-28-15-20(16(2)26-28)18-12-19(21-6-7-25-29(21)14-18)17-4-5-22(24-13-17)27-10-8-23-9-11-27/h4-7,12-15,23H,3,8-11H2,1-2H3. The Balaban J connectivity index is 1.57. The third-order valence-corrected chi connectivity index (χ3v) is 5.59. The quantitative estimate of drug-likeness (QED) is 0.583. The van der Waals surface area contributed by atoms with E-state index in [1.54, 1.807) is 0 Å². The first-order valence-electron chi connectivity index (χ1n) is 10.2. The molecule has 1 fully saturated rings. The fourth-order valence-corrected chi connectivity index (χ4v) is 4.00. The summed E-state index contributed by atoms with van der Waals surface area (Å²) < 4.78 is 3.92. The Morgan fingerprint density at radius 3 is 2.62 bits per heavy atom. The van der Waals surface area contributed by atoms with Gasteiger partial charge in [0.25, 0.3) is 0 Å². The minimum absolute atomic E-state index is 0.856. The highest BCUT2D eigenvalue weighted by Crippen LogP contribution is 2.31. The largest absolute Gasteiger partial charge is 0.354 e. The maximum absolute atomic E-state index is 4.76. The molecule has 0 aromatic carbocycles. The van der Waals surface area contributed by atoms with Crippen LogP contribution in [0.3, 0.4) is 0 Å². The molecule has 1 N–H and O–H groups in total.